The van der Waals surface area contributed by atoms with Gasteiger partial charge in [-0.25, -0.2) is 0 Å². The minimum absolute atomic E-state index is 0.243. The molecule has 1 unspecified atom stereocenters. The van der Waals surface area contributed by atoms with Gasteiger partial charge >= 0.3 is 0 Å². The molecule has 1 fully saturated rings. The van der Waals surface area contributed by atoms with Crippen LogP contribution in [0.25, 0.3) is 0 Å². The molecule has 0 saturated carbocycles. The molecule has 1 aromatic rings. The summed E-state index contributed by atoms with van der Waals surface area (Å²) in [5, 5.41) is 3.39. The maximum absolute atomic E-state index is 12.6. The lowest BCUT2D eigenvalue weighted by atomic mass is 9.84. The third-order valence-corrected chi connectivity index (χ3v) is 5.25. The molecule has 0 spiro atoms. The van der Waals surface area contributed by atoms with E-state index in [4.69, 9.17) is 4.74 Å². The fourth-order valence-corrected chi connectivity index (χ4v) is 3.83. The highest BCUT2D eigenvalue weighted by Gasteiger charge is 2.23. The molecule has 0 aliphatic carbocycles. The van der Waals surface area contributed by atoms with Crippen LogP contribution in [0, 0.1) is 25.7 Å². The predicted octanol–water partition coefficient (Wildman–Crippen LogP) is 3.30. The molecule has 4 heteroatoms. The molecule has 1 amide bonds. The second kappa shape index (κ2) is 8.52. The number of hydrogen-bond donors (Lipinski definition) is 1. The van der Waals surface area contributed by atoms with E-state index >= 15 is 0 Å². The van der Waals surface area contributed by atoms with E-state index in [0.29, 0.717) is 24.8 Å². The Bertz CT molecular complexity index is 542. The number of aryl methyl sites for hydroxylation is 2. The molecular weight excluding hydrogens is 300 g/mol. The maximum atomic E-state index is 12.6. The van der Waals surface area contributed by atoms with Gasteiger partial charge in [-0.05, 0) is 68.3 Å². The highest BCUT2D eigenvalue weighted by molar-refractivity contribution is 5.76. The smallest absolute Gasteiger partial charge is 0.222 e. The number of ether oxygens (including phenoxy) is 1. The van der Waals surface area contributed by atoms with Gasteiger partial charge in [-0.1, -0.05) is 19.1 Å². The summed E-state index contributed by atoms with van der Waals surface area (Å²) >= 11 is 0. The molecule has 134 valence electrons. The van der Waals surface area contributed by atoms with E-state index in [1.165, 1.54) is 12.8 Å². The molecule has 1 aromatic carbocycles. The Kier molecular flexibility index (Phi) is 6.67. The second-order valence-electron chi connectivity index (χ2n) is 7.28. The Labute approximate surface area is 146 Å². The lowest BCUT2D eigenvalue weighted by molar-refractivity contribution is -0.131. The van der Waals surface area contributed by atoms with E-state index in [1.54, 1.807) is 7.11 Å². The number of rotatable bonds is 6. The zero-order valence-corrected chi connectivity index (χ0v) is 15.8. The van der Waals surface area contributed by atoms with Gasteiger partial charge in [-0.2, -0.15) is 0 Å². The highest BCUT2D eigenvalue weighted by Crippen LogP contribution is 2.26. The van der Waals surface area contributed by atoms with Crippen molar-refractivity contribution in [2.45, 2.75) is 46.6 Å². The molecule has 1 aliphatic heterocycles. The molecule has 1 saturated heterocycles. The van der Waals surface area contributed by atoms with E-state index < -0.39 is 0 Å². The molecule has 1 aliphatic rings. The lowest BCUT2D eigenvalue weighted by Gasteiger charge is -2.29. The van der Waals surface area contributed by atoms with Crippen LogP contribution in [-0.4, -0.2) is 38.1 Å². The zero-order valence-electron chi connectivity index (χ0n) is 15.8. The average molecular weight is 332 g/mol. The van der Waals surface area contributed by atoms with Crippen molar-refractivity contribution in [1.29, 1.82) is 0 Å². The Morgan fingerprint density at radius 1 is 1.29 bits per heavy atom. The van der Waals surface area contributed by atoms with E-state index in [0.717, 1.165) is 35.5 Å². The summed E-state index contributed by atoms with van der Waals surface area (Å²) in [5.74, 6) is 2.31. The minimum atomic E-state index is 0.243. The summed E-state index contributed by atoms with van der Waals surface area (Å²) in [6, 6.07) is 4.23. The summed E-state index contributed by atoms with van der Waals surface area (Å²) < 4.78 is 5.42. The number of methoxy groups -OCH3 is 1. The number of carbonyl (C=O) groups is 1. The van der Waals surface area contributed by atoms with Crippen LogP contribution in [0.1, 0.15) is 42.9 Å². The van der Waals surface area contributed by atoms with Gasteiger partial charge in [0.05, 0.1) is 7.11 Å². The fraction of sp³-hybridized carbons (Fsp3) is 0.650. The van der Waals surface area contributed by atoms with E-state index in [2.05, 4.69) is 38.2 Å². The molecule has 24 heavy (non-hydrogen) atoms. The molecule has 0 aromatic heterocycles. The van der Waals surface area contributed by atoms with Gasteiger partial charge in [-0.15, -0.1) is 0 Å². The Hall–Kier alpha value is -1.55. The summed E-state index contributed by atoms with van der Waals surface area (Å²) in [7, 11) is 3.61. The first-order valence-corrected chi connectivity index (χ1v) is 9.01. The van der Waals surface area contributed by atoms with Crippen LogP contribution >= 0.6 is 0 Å². The Balaban J connectivity index is 1.93. The number of nitrogens with one attached hydrogen (secondary N) is 1. The van der Waals surface area contributed by atoms with Crippen molar-refractivity contribution in [2.24, 2.45) is 11.8 Å². The SMILES string of the molecule is COc1c(C)cc(CN(C)C(=O)CC(C)C2CCNCC2)cc1C. The molecule has 1 N–H and O–H groups in total. The maximum Gasteiger partial charge on any atom is 0.222 e. The molecule has 2 rings (SSSR count). The van der Waals surface area contributed by atoms with Gasteiger partial charge in [0.1, 0.15) is 5.75 Å². The minimum Gasteiger partial charge on any atom is -0.496 e. The third kappa shape index (κ3) is 4.73. The van der Waals surface area contributed by atoms with Crippen LogP contribution in [-0.2, 0) is 11.3 Å². The van der Waals surface area contributed by atoms with Crippen LogP contribution in [0.4, 0.5) is 0 Å². The average Bonchev–Trinajstić information content (AvgIpc) is 2.55. The van der Waals surface area contributed by atoms with E-state index in [1.807, 2.05) is 11.9 Å². The number of benzene rings is 1. The molecule has 0 bridgehead atoms. The van der Waals surface area contributed by atoms with Crippen molar-refractivity contribution < 1.29 is 9.53 Å². The normalized spacial score (nSPS) is 16.7. The van der Waals surface area contributed by atoms with Gasteiger partial charge in [0.15, 0.2) is 0 Å². The molecule has 1 atom stereocenters. The van der Waals surface area contributed by atoms with Gasteiger partial charge in [0, 0.05) is 20.0 Å². The van der Waals surface area contributed by atoms with Crippen molar-refractivity contribution in [1.82, 2.24) is 10.2 Å². The van der Waals surface area contributed by atoms with Crippen molar-refractivity contribution in [3.05, 3.63) is 28.8 Å². The van der Waals surface area contributed by atoms with Crippen molar-refractivity contribution in [3.63, 3.8) is 0 Å². The fourth-order valence-electron chi connectivity index (χ4n) is 3.83. The first kappa shape index (κ1) is 18.8. The second-order valence-corrected chi connectivity index (χ2v) is 7.28. The van der Waals surface area contributed by atoms with E-state index in [-0.39, 0.29) is 5.91 Å². The molecule has 0 radical (unpaired) electrons. The van der Waals surface area contributed by atoms with Crippen LogP contribution < -0.4 is 10.1 Å². The lowest BCUT2D eigenvalue weighted by Crippen LogP contribution is -2.34. The van der Waals surface area contributed by atoms with Crippen molar-refractivity contribution >= 4 is 5.91 Å². The first-order chi connectivity index (χ1) is 11.4. The largest absolute Gasteiger partial charge is 0.496 e. The van der Waals surface area contributed by atoms with Crippen molar-refractivity contribution in [2.75, 3.05) is 27.2 Å². The topological polar surface area (TPSA) is 41.6 Å². The number of hydrogen-bond acceptors (Lipinski definition) is 3. The molecular formula is C20H32N2O2. The van der Waals surface area contributed by atoms with E-state index in [9.17, 15) is 4.79 Å². The van der Waals surface area contributed by atoms with Gasteiger partial charge in [0.25, 0.3) is 0 Å². The molecule has 4 nitrogen and oxygen atoms in total. The highest BCUT2D eigenvalue weighted by atomic mass is 16.5. The van der Waals surface area contributed by atoms with Crippen LogP contribution in [0.15, 0.2) is 12.1 Å². The monoisotopic (exact) mass is 332 g/mol. The quantitative estimate of drug-likeness (QED) is 0.869. The number of amides is 1. The van der Waals surface area contributed by atoms with Crippen LogP contribution in [0.3, 0.4) is 0 Å². The van der Waals surface area contributed by atoms with Crippen LogP contribution in [0.2, 0.25) is 0 Å². The predicted molar refractivity (Wildman–Crippen MR) is 98.3 cm³/mol. The van der Waals surface area contributed by atoms with Gasteiger partial charge in [0.2, 0.25) is 5.91 Å². The molecule has 1 heterocycles. The summed E-state index contributed by atoms with van der Waals surface area (Å²) in [6.45, 7) is 9.16. The Morgan fingerprint density at radius 3 is 2.42 bits per heavy atom. The first-order valence-electron chi connectivity index (χ1n) is 9.01. The van der Waals surface area contributed by atoms with Gasteiger partial charge in [-0.3, -0.25) is 4.79 Å². The summed E-state index contributed by atoms with van der Waals surface area (Å²) in [6.07, 6.45) is 3.03. The number of carbonyl (C=O) groups excluding carboxylic acids is 1. The Morgan fingerprint density at radius 2 is 1.88 bits per heavy atom. The third-order valence-electron chi connectivity index (χ3n) is 5.25. The number of nitrogens with zero attached hydrogens (tertiary/aromatic N) is 1. The number of piperidine rings is 1. The zero-order chi connectivity index (χ0) is 17.7. The summed E-state index contributed by atoms with van der Waals surface area (Å²) in [5.41, 5.74) is 3.41. The van der Waals surface area contributed by atoms with Crippen molar-refractivity contribution in [3.8, 4) is 5.75 Å². The summed E-state index contributed by atoms with van der Waals surface area (Å²) in [4.78, 5) is 14.4. The van der Waals surface area contributed by atoms with Crippen LogP contribution in [0.5, 0.6) is 5.75 Å². The van der Waals surface area contributed by atoms with Gasteiger partial charge < -0.3 is 15.0 Å². The standard InChI is InChI=1S/C20H32N2O2/c1-14(18-6-8-21-9-7-18)12-19(23)22(4)13-17-10-15(2)20(24-5)16(3)11-17/h10-11,14,18,21H,6-9,12-13H2,1-5H3.